The first kappa shape index (κ1) is 16.8. The van der Waals surface area contributed by atoms with Crippen molar-refractivity contribution in [3.63, 3.8) is 0 Å². The second-order valence-corrected chi connectivity index (χ2v) is 6.87. The van der Waals surface area contributed by atoms with Crippen molar-refractivity contribution in [1.29, 1.82) is 0 Å². The third-order valence-electron chi connectivity index (χ3n) is 2.99. The highest BCUT2D eigenvalue weighted by atomic mass is 79.9. The van der Waals surface area contributed by atoms with E-state index in [4.69, 9.17) is 17.4 Å². The number of rotatable bonds is 6. The fourth-order valence-electron chi connectivity index (χ4n) is 1.87. The Labute approximate surface area is 141 Å². The summed E-state index contributed by atoms with van der Waals surface area (Å²) in [6.07, 6.45) is 0.703. The average molecular weight is 390 g/mol. The first-order chi connectivity index (χ1) is 10.1. The van der Waals surface area contributed by atoms with Crippen molar-refractivity contribution >= 4 is 39.3 Å². The standard InChI is InChI=1S/C15H15BrClFN2S/c16-13-8-11(18)6-5-10(13)7-12(20-19)9-21-15-4-2-1-3-14(15)17/h1-6,8,12,20H,7,9,19H2. The van der Waals surface area contributed by atoms with Gasteiger partial charge in [-0.05, 0) is 36.2 Å². The van der Waals surface area contributed by atoms with Crippen LogP contribution in [0.1, 0.15) is 5.56 Å². The number of nitrogens with two attached hydrogens (primary N) is 1. The maximum absolute atomic E-state index is 13.1. The van der Waals surface area contributed by atoms with Gasteiger partial charge in [-0.2, -0.15) is 0 Å². The number of hydrazine groups is 1. The van der Waals surface area contributed by atoms with E-state index in [9.17, 15) is 4.39 Å². The monoisotopic (exact) mass is 388 g/mol. The van der Waals surface area contributed by atoms with E-state index in [1.807, 2.05) is 24.3 Å². The van der Waals surface area contributed by atoms with Crippen LogP contribution in [0.2, 0.25) is 5.02 Å². The molecule has 0 heterocycles. The molecule has 112 valence electrons. The summed E-state index contributed by atoms with van der Waals surface area (Å²) < 4.78 is 13.8. The lowest BCUT2D eigenvalue weighted by atomic mass is 10.1. The molecular weight excluding hydrogens is 375 g/mol. The molecule has 0 saturated heterocycles. The zero-order chi connectivity index (χ0) is 15.2. The fraction of sp³-hybridized carbons (Fsp3) is 0.200. The quantitative estimate of drug-likeness (QED) is 0.437. The molecule has 0 aromatic heterocycles. The van der Waals surface area contributed by atoms with Gasteiger partial charge in [0.15, 0.2) is 0 Å². The first-order valence-electron chi connectivity index (χ1n) is 6.37. The van der Waals surface area contributed by atoms with E-state index in [0.29, 0.717) is 6.42 Å². The van der Waals surface area contributed by atoms with Gasteiger partial charge in [-0.15, -0.1) is 11.8 Å². The van der Waals surface area contributed by atoms with Gasteiger partial charge in [0.2, 0.25) is 0 Å². The number of halogens is 3. The van der Waals surface area contributed by atoms with Crippen molar-refractivity contribution in [2.24, 2.45) is 5.84 Å². The maximum atomic E-state index is 13.1. The molecule has 0 aliphatic carbocycles. The van der Waals surface area contributed by atoms with Crippen molar-refractivity contribution in [2.75, 3.05) is 5.75 Å². The molecule has 0 saturated carbocycles. The summed E-state index contributed by atoms with van der Waals surface area (Å²) in [7, 11) is 0. The Bertz CT molecular complexity index is 612. The largest absolute Gasteiger partial charge is 0.271 e. The van der Waals surface area contributed by atoms with Crippen molar-refractivity contribution in [2.45, 2.75) is 17.4 Å². The molecule has 6 heteroatoms. The lowest BCUT2D eigenvalue weighted by Crippen LogP contribution is -2.38. The van der Waals surface area contributed by atoms with Crippen LogP contribution < -0.4 is 11.3 Å². The Morgan fingerprint density at radius 3 is 2.71 bits per heavy atom. The van der Waals surface area contributed by atoms with Gasteiger partial charge < -0.3 is 0 Å². The molecule has 2 aromatic rings. The van der Waals surface area contributed by atoms with E-state index in [1.54, 1.807) is 17.8 Å². The summed E-state index contributed by atoms with van der Waals surface area (Å²) in [5.41, 5.74) is 3.82. The number of nitrogens with one attached hydrogen (secondary N) is 1. The molecule has 2 aromatic carbocycles. The minimum Gasteiger partial charge on any atom is -0.271 e. The highest BCUT2D eigenvalue weighted by molar-refractivity contribution is 9.10. The van der Waals surface area contributed by atoms with E-state index in [0.717, 1.165) is 25.7 Å². The second-order valence-electron chi connectivity index (χ2n) is 4.54. The molecule has 21 heavy (non-hydrogen) atoms. The van der Waals surface area contributed by atoms with Crippen LogP contribution in [0, 0.1) is 5.82 Å². The SMILES string of the molecule is NNC(CSc1ccccc1Cl)Cc1ccc(F)cc1Br. The number of thioether (sulfide) groups is 1. The predicted octanol–water partition coefficient (Wildman–Crippen LogP) is 4.41. The Balaban J connectivity index is 1.99. The molecule has 0 bridgehead atoms. The van der Waals surface area contributed by atoms with Crippen LogP contribution in [0.5, 0.6) is 0 Å². The molecule has 3 N–H and O–H groups in total. The highest BCUT2D eigenvalue weighted by Gasteiger charge is 2.12. The van der Waals surface area contributed by atoms with Crippen LogP contribution in [0.25, 0.3) is 0 Å². The average Bonchev–Trinajstić information content (AvgIpc) is 2.47. The molecule has 0 fully saturated rings. The Kier molecular flexibility index (Phi) is 6.51. The van der Waals surface area contributed by atoms with E-state index >= 15 is 0 Å². The van der Waals surface area contributed by atoms with Gasteiger partial charge >= 0.3 is 0 Å². The Hall–Kier alpha value is -0.590. The summed E-state index contributed by atoms with van der Waals surface area (Å²) in [5.74, 6) is 6.13. The van der Waals surface area contributed by atoms with Gasteiger partial charge in [0.25, 0.3) is 0 Å². The van der Waals surface area contributed by atoms with Crippen molar-refractivity contribution < 1.29 is 4.39 Å². The first-order valence-corrected chi connectivity index (χ1v) is 8.53. The lowest BCUT2D eigenvalue weighted by Gasteiger charge is -2.17. The number of hydrogen-bond donors (Lipinski definition) is 2. The van der Waals surface area contributed by atoms with Crippen LogP contribution >= 0.6 is 39.3 Å². The third-order valence-corrected chi connectivity index (χ3v) is 5.41. The van der Waals surface area contributed by atoms with E-state index in [1.165, 1.54) is 12.1 Å². The van der Waals surface area contributed by atoms with Crippen LogP contribution in [0.4, 0.5) is 4.39 Å². The number of benzene rings is 2. The molecule has 2 rings (SSSR count). The second kappa shape index (κ2) is 8.15. The summed E-state index contributed by atoms with van der Waals surface area (Å²) in [5, 5.41) is 0.737. The Morgan fingerprint density at radius 2 is 2.05 bits per heavy atom. The third kappa shape index (κ3) is 4.97. The minimum atomic E-state index is -0.256. The predicted molar refractivity (Wildman–Crippen MR) is 91.1 cm³/mol. The highest BCUT2D eigenvalue weighted by Crippen LogP contribution is 2.28. The van der Waals surface area contributed by atoms with Crippen LogP contribution in [-0.4, -0.2) is 11.8 Å². The summed E-state index contributed by atoms with van der Waals surface area (Å²) >= 11 is 11.2. The molecule has 0 amide bonds. The van der Waals surface area contributed by atoms with Gasteiger partial charge in [0, 0.05) is 21.2 Å². The van der Waals surface area contributed by atoms with E-state index < -0.39 is 0 Å². The van der Waals surface area contributed by atoms with Gasteiger partial charge in [-0.3, -0.25) is 11.3 Å². The van der Waals surface area contributed by atoms with Crippen LogP contribution in [-0.2, 0) is 6.42 Å². The molecule has 0 aliphatic rings. The smallest absolute Gasteiger partial charge is 0.124 e. The fourth-order valence-corrected chi connectivity index (χ4v) is 3.66. The lowest BCUT2D eigenvalue weighted by molar-refractivity contribution is 0.572. The zero-order valence-electron chi connectivity index (χ0n) is 11.2. The molecule has 0 radical (unpaired) electrons. The molecule has 1 unspecified atom stereocenters. The molecule has 2 nitrogen and oxygen atoms in total. The molecular formula is C15H15BrClFN2S. The summed E-state index contributed by atoms with van der Waals surface area (Å²) in [4.78, 5) is 1.03. The number of hydrogen-bond acceptors (Lipinski definition) is 3. The summed E-state index contributed by atoms with van der Waals surface area (Å²) in [6.45, 7) is 0. The molecule has 0 spiro atoms. The van der Waals surface area contributed by atoms with Crippen LogP contribution in [0.15, 0.2) is 51.8 Å². The van der Waals surface area contributed by atoms with Gasteiger partial charge in [0.05, 0.1) is 5.02 Å². The Morgan fingerprint density at radius 1 is 1.29 bits per heavy atom. The van der Waals surface area contributed by atoms with Gasteiger partial charge in [-0.25, -0.2) is 4.39 Å². The van der Waals surface area contributed by atoms with Gasteiger partial charge in [-0.1, -0.05) is 45.7 Å². The zero-order valence-corrected chi connectivity index (χ0v) is 14.3. The van der Waals surface area contributed by atoms with Crippen molar-refractivity contribution in [1.82, 2.24) is 5.43 Å². The van der Waals surface area contributed by atoms with E-state index in [-0.39, 0.29) is 11.9 Å². The topological polar surface area (TPSA) is 38.0 Å². The van der Waals surface area contributed by atoms with Crippen molar-refractivity contribution in [3.05, 3.63) is 63.3 Å². The maximum Gasteiger partial charge on any atom is 0.124 e. The van der Waals surface area contributed by atoms with Gasteiger partial charge in [0.1, 0.15) is 5.82 Å². The normalized spacial score (nSPS) is 12.4. The summed E-state index contributed by atoms with van der Waals surface area (Å²) in [6, 6.07) is 12.5. The molecule has 0 aliphatic heterocycles. The van der Waals surface area contributed by atoms with Crippen molar-refractivity contribution in [3.8, 4) is 0 Å². The van der Waals surface area contributed by atoms with E-state index in [2.05, 4.69) is 21.4 Å². The minimum absolute atomic E-state index is 0.0630. The van der Waals surface area contributed by atoms with Crippen LogP contribution in [0.3, 0.4) is 0 Å². The molecule has 1 atom stereocenters.